The van der Waals surface area contributed by atoms with Crippen LogP contribution in [0.1, 0.15) is 36.5 Å². The number of nitrogens with zero attached hydrogens (tertiary/aromatic N) is 1. The van der Waals surface area contributed by atoms with Crippen molar-refractivity contribution in [3.05, 3.63) is 35.6 Å². The Morgan fingerprint density at radius 2 is 2.00 bits per heavy atom. The highest BCUT2D eigenvalue weighted by Crippen LogP contribution is 2.29. The van der Waals surface area contributed by atoms with Crippen molar-refractivity contribution in [3.63, 3.8) is 0 Å². The van der Waals surface area contributed by atoms with Gasteiger partial charge < -0.3 is 4.90 Å². The molecule has 1 aliphatic rings. The molecule has 0 heterocycles. The van der Waals surface area contributed by atoms with Gasteiger partial charge in [-0.3, -0.25) is 4.79 Å². The predicted molar refractivity (Wildman–Crippen MR) is 70.2 cm³/mol. The van der Waals surface area contributed by atoms with Crippen molar-refractivity contribution in [1.29, 1.82) is 0 Å². The molecule has 2 nitrogen and oxygen atoms in total. The summed E-state index contributed by atoms with van der Waals surface area (Å²) in [5, 5.41) is 0. The number of Topliss-reactive ketones (excluding diaryl/α,β-unsaturated/α-hetero) is 1. The lowest BCUT2D eigenvalue weighted by molar-refractivity contribution is 0.0964. The van der Waals surface area contributed by atoms with E-state index in [0.717, 1.165) is 25.6 Å². The smallest absolute Gasteiger partial charge is 0.164 e. The van der Waals surface area contributed by atoms with Crippen LogP contribution in [0.3, 0.4) is 0 Å². The SMILES string of the molecule is CCN(CCC(=O)c1ccc(F)cc1)CC1CC1. The van der Waals surface area contributed by atoms with Gasteiger partial charge >= 0.3 is 0 Å². The van der Waals surface area contributed by atoms with E-state index in [-0.39, 0.29) is 11.6 Å². The summed E-state index contributed by atoms with van der Waals surface area (Å²) in [6.45, 7) is 5.05. The molecule has 18 heavy (non-hydrogen) atoms. The fraction of sp³-hybridized carbons (Fsp3) is 0.533. The maximum absolute atomic E-state index is 12.7. The van der Waals surface area contributed by atoms with Crippen molar-refractivity contribution in [3.8, 4) is 0 Å². The van der Waals surface area contributed by atoms with Gasteiger partial charge in [0.15, 0.2) is 5.78 Å². The molecule has 2 rings (SSSR count). The molecule has 0 spiro atoms. The van der Waals surface area contributed by atoms with Gasteiger partial charge in [-0.2, -0.15) is 0 Å². The van der Waals surface area contributed by atoms with Crippen molar-refractivity contribution in [2.75, 3.05) is 19.6 Å². The second-order valence-electron chi connectivity index (χ2n) is 5.02. The van der Waals surface area contributed by atoms with Crippen LogP contribution in [-0.4, -0.2) is 30.3 Å². The van der Waals surface area contributed by atoms with Gasteiger partial charge in [0.1, 0.15) is 5.82 Å². The summed E-state index contributed by atoms with van der Waals surface area (Å²) in [5.41, 5.74) is 0.610. The Balaban J connectivity index is 1.80. The monoisotopic (exact) mass is 249 g/mol. The van der Waals surface area contributed by atoms with Crippen LogP contribution in [0, 0.1) is 11.7 Å². The summed E-state index contributed by atoms with van der Waals surface area (Å²) >= 11 is 0. The first kappa shape index (κ1) is 13.2. The third kappa shape index (κ3) is 3.91. The number of rotatable bonds is 7. The Morgan fingerprint density at radius 1 is 1.33 bits per heavy atom. The van der Waals surface area contributed by atoms with Gasteiger partial charge in [0, 0.05) is 25.1 Å². The summed E-state index contributed by atoms with van der Waals surface area (Å²) in [4.78, 5) is 14.3. The van der Waals surface area contributed by atoms with Crippen molar-refractivity contribution < 1.29 is 9.18 Å². The topological polar surface area (TPSA) is 20.3 Å². The van der Waals surface area contributed by atoms with Crippen molar-refractivity contribution >= 4 is 5.78 Å². The van der Waals surface area contributed by atoms with Gasteiger partial charge in [-0.1, -0.05) is 6.92 Å². The Morgan fingerprint density at radius 3 is 2.56 bits per heavy atom. The molecule has 1 aromatic rings. The number of benzene rings is 1. The van der Waals surface area contributed by atoms with Crippen molar-refractivity contribution in [1.82, 2.24) is 4.90 Å². The van der Waals surface area contributed by atoms with E-state index in [1.165, 1.54) is 25.0 Å². The lowest BCUT2D eigenvalue weighted by Gasteiger charge is -2.19. The standard InChI is InChI=1S/C15H20FNO/c1-2-17(11-12-3-4-12)10-9-15(18)13-5-7-14(16)8-6-13/h5-8,12H,2-4,9-11H2,1H3. The Bertz CT molecular complexity index is 397. The van der Waals surface area contributed by atoms with E-state index in [2.05, 4.69) is 11.8 Å². The Labute approximate surface area is 108 Å². The van der Waals surface area contributed by atoms with Crippen LogP contribution >= 0.6 is 0 Å². The van der Waals surface area contributed by atoms with Gasteiger partial charge in [0.25, 0.3) is 0 Å². The van der Waals surface area contributed by atoms with Gasteiger partial charge in [-0.05, 0) is 49.6 Å². The summed E-state index contributed by atoms with van der Waals surface area (Å²) in [6, 6.07) is 5.81. The minimum absolute atomic E-state index is 0.101. The lowest BCUT2D eigenvalue weighted by Crippen LogP contribution is -2.28. The third-order valence-corrected chi connectivity index (χ3v) is 3.48. The highest BCUT2D eigenvalue weighted by atomic mass is 19.1. The molecular formula is C15H20FNO. The van der Waals surface area contributed by atoms with E-state index in [4.69, 9.17) is 0 Å². The maximum Gasteiger partial charge on any atom is 0.164 e. The number of hydrogen-bond acceptors (Lipinski definition) is 2. The summed E-state index contributed by atoms with van der Waals surface area (Å²) < 4.78 is 12.7. The van der Waals surface area contributed by atoms with Crippen LogP contribution < -0.4 is 0 Å². The zero-order chi connectivity index (χ0) is 13.0. The van der Waals surface area contributed by atoms with Crippen LogP contribution in [0.2, 0.25) is 0 Å². The highest BCUT2D eigenvalue weighted by molar-refractivity contribution is 5.96. The largest absolute Gasteiger partial charge is 0.303 e. The van der Waals surface area contributed by atoms with E-state index in [1.54, 1.807) is 12.1 Å². The molecule has 3 heteroatoms. The van der Waals surface area contributed by atoms with E-state index in [1.807, 2.05) is 0 Å². The predicted octanol–water partition coefficient (Wildman–Crippen LogP) is 3.13. The van der Waals surface area contributed by atoms with E-state index in [9.17, 15) is 9.18 Å². The third-order valence-electron chi connectivity index (χ3n) is 3.48. The molecule has 0 aliphatic heterocycles. The molecule has 0 unspecified atom stereocenters. The summed E-state index contributed by atoms with van der Waals surface area (Å²) in [6.07, 6.45) is 3.19. The molecule has 1 aliphatic carbocycles. The molecule has 1 aromatic carbocycles. The number of halogens is 1. The average Bonchev–Trinajstić information content (AvgIpc) is 3.18. The summed E-state index contributed by atoms with van der Waals surface area (Å²) in [7, 11) is 0. The molecule has 0 saturated heterocycles. The molecule has 98 valence electrons. The zero-order valence-corrected chi connectivity index (χ0v) is 10.9. The van der Waals surface area contributed by atoms with Gasteiger partial charge in [-0.15, -0.1) is 0 Å². The van der Waals surface area contributed by atoms with Crippen LogP contribution in [0.15, 0.2) is 24.3 Å². The summed E-state index contributed by atoms with van der Waals surface area (Å²) in [5.74, 6) is 0.658. The van der Waals surface area contributed by atoms with Gasteiger partial charge in [-0.25, -0.2) is 4.39 Å². The molecule has 0 N–H and O–H groups in total. The van der Waals surface area contributed by atoms with Crippen LogP contribution in [0.25, 0.3) is 0 Å². The van der Waals surface area contributed by atoms with E-state index < -0.39 is 0 Å². The lowest BCUT2D eigenvalue weighted by atomic mass is 10.1. The zero-order valence-electron chi connectivity index (χ0n) is 10.9. The molecule has 0 amide bonds. The maximum atomic E-state index is 12.7. The molecular weight excluding hydrogens is 229 g/mol. The molecule has 0 atom stereocenters. The first-order valence-electron chi connectivity index (χ1n) is 6.70. The minimum atomic E-state index is -0.296. The number of hydrogen-bond donors (Lipinski definition) is 0. The minimum Gasteiger partial charge on any atom is -0.303 e. The van der Waals surface area contributed by atoms with Gasteiger partial charge in [0.2, 0.25) is 0 Å². The van der Waals surface area contributed by atoms with E-state index >= 15 is 0 Å². The molecule has 0 aromatic heterocycles. The fourth-order valence-electron chi connectivity index (χ4n) is 2.08. The quantitative estimate of drug-likeness (QED) is 0.692. The first-order valence-corrected chi connectivity index (χ1v) is 6.70. The number of carbonyl (C=O) groups excluding carboxylic acids is 1. The van der Waals surface area contributed by atoms with Gasteiger partial charge in [0.05, 0.1) is 0 Å². The first-order chi connectivity index (χ1) is 8.69. The second-order valence-corrected chi connectivity index (χ2v) is 5.02. The van der Waals surface area contributed by atoms with Crippen LogP contribution in [0.4, 0.5) is 4.39 Å². The molecule has 0 bridgehead atoms. The van der Waals surface area contributed by atoms with E-state index in [0.29, 0.717) is 12.0 Å². The Kier molecular flexibility index (Phi) is 4.48. The van der Waals surface area contributed by atoms with Crippen LogP contribution in [0.5, 0.6) is 0 Å². The van der Waals surface area contributed by atoms with Crippen molar-refractivity contribution in [2.24, 2.45) is 5.92 Å². The average molecular weight is 249 g/mol. The molecule has 1 saturated carbocycles. The molecule has 1 fully saturated rings. The second kappa shape index (κ2) is 6.10. The normalized spacial score (nSPS) is 15.1. The number of carbonyl (C=O) groups is 1. The Hall–Kier alpha value is -1.22. The van der Waals surface area contributed by atoms with Crippen LogP contribution in [-0.2, 0) is 0 Å². The number of ketones is 1. The highest BCUT2D eigenvalue weighted by Gasteiger charge is 2.23. The fourth-order valence-corrected chi connectivity index (χ4v) is 2.08. The molecule has 0 radical (unpaired) electrons. The van der Waals surface area contributed by atoms with Crippen molar-refractivity contribution in [2.45, 2.75) is 26.2 Å².